The van der Waals surface area contributed by atoms with Gasteiger partial charge in [-0.2, -0.15) is 0 Å². The molecule has 1 aromatic rings. The van der Waals surface area contributed by atoms with E-state index in [1.54, 1.807) is 12.1 Å². The van der Waals surface area contributed by atoms with Gasteiger partial charge in [0, 0.05) is 12.1 Å². The molecule has 1 aromatic carbocycles. The van der Waals surface area contributed by atoms with Crippen LogP contribution in [0.3, 0.4) is 0 Å². The predicted molar refractivity (Wildman–Crippen MR) is 98.6 cm³/mol. The topological polar surface area (TPSA) is 50.4 Å². The first-order valence-corrected chi connectivity index (χ1v) is 10.1. The predicted octanol–water partition coefficient (Wildman–Crippen LogP) is 3.05. The van der Waals surface area contributed by atoms with Crippen LogP contribution in [0.25, 0.3) is 0 Å². The third kappa shape index (κ3) is 4.76. The molecule has 2 unspecified atom stereocenters. The summed E-state index contributed by atoms with van der Waals surface area (Å²) in [4.78, 5) is 11.8. The van der Waals surface area contributed by atoms with Crippen LogP contribution in [0.5, 0.6) is 5.75 Å². The van der Waals surface area contributed by atoms with Crippen LogP contribution in [0.1, 0.15) is 44.1 Å². The highest BCUT2D eigenvalue weighted by molar-refractivity contribution is 5.79. The van der Waals surface area contributed by atoms with Crippen molar-refractivity contribution >= 4 is 5.91 Å². The summed E-state index contributed by atoms with van der Waals surface area (Å²) in [6.07, 6.45) is 7.19. The Bertz CT molecular complexity index is 641. The molecule has 4 nitrogen and oxygen atoms in total. The van der Waals surface area contributed by atoms with Gasteiger partial charge in [0.15, 0.2) is 0 Å². The van der Waals surface area contributed by atoms with Crippen molar-refractivity contribution in [3.8, 4) is 5.75 Å². The highest BCUT2D eigenvalue weighted by atomic mass is 19.1. The Morgan fingerprint density at radius 1 is 1.23 bits per heavy atom. The van der Waals surface area contributed by atoms with E-state index in [2.05, 4.69) is 10.6 Å². The van der Waals surface area contributed by atoms with Crippen LogP contribution in [0.4, 0.5) is 4.39 Å². The minimum atomic E-state index is -0.354. The van der Waals surface area contributed by atoms with E-state index >= 15 is 0 Å². The fourth-order valence-corrected chi connectivity index (χ4v) is 4.22. The molecule has 3 aliphatic rings. The number of amides is 1. The number of nitrogens with one attached hydrogen (secondary N) is 2. The van der Waals surface area contributed by atoms with Gasteiger partial charge in [-0.05, 0) is 81.0 Å². The zero-order valence-electron chi connectivity index (χ0n) is 15.3. The Morgan fingerprint density at radius 2 is 2.04 bits per heavy atom. The zero-order chi connectivity index (χ0) is 17.9. The fourth-order valence-electron chi connectivity index (χ4n) is 4.22. The van der Waals surface area contributed by atoms with E-state index in [1.807, 2.05) is 0 Å². The van der Waals surface area contributed by atoms with Crippen molar-refractivity contribution in [2.75, 3.05) is 19.7 Å². The Kier molecular flexibility index (Phi) is 5.44. The molecule has 2 aliphatic carbocycles. The van der Waals surface area contributed by atoms with Gasteiger partial charge in [-0.15, -0.1) is 0 Å². The van der Waals surface area contributed by atoms with Crippen LogP contribution in [-0.4, -0.2) is 31.6 Å². The standard InChI is InChI=1S/C21H29FN2O2/c22-20-13-18(4-1-16(20)12-21(25)24-17-2-3-17)26-10-7-15-11-19(15)14-5-8-23-9-6-14/h1,4,13-15,17,19,23H,2-3,5-12H2,(H,24,25). The lowest BCUT2D eigenvalue weighted by Gasteiger charge is -2.22. The van der Waals surface area contributed by atoms with Crippen LogP contribution in [0.2, 0.25) is 0 Å². The Labute approximate surface area is 154 Å². The largest absolute Gasteiger partial charge is 0.493 e. The number of carbonyl (C=O) groups is 1. The summed E-state index contributed by atoms with van der Waals surface area (Å²) in [5, 5.41) is 6.31. The summed E-state index contributed by atoms with van der Waals surface area (Å²) < 4.78 is 20.0. The van der Waals surface area contributed by atoms with Crippen LogP contribution in [-0.2, 0) is 11.2 Å². The fraction of sp³-hybridized carbons (Fsp3) is 0.667. The SMILES string of the molecule is O=C(Cc1ccc(OCCC2CC2C2CCNCC2)cc1F)NC1CC1. The summed E-state index contributed by atoms with van der Waals surface area (Å²) in [6, 6.07) is 5.17. The summed E-state index contributed by atoms with van der Waals surface area (Å²) >= 11 is 0. The molecule has 1 amide bonds. The molecule has 3 fully saturated rings. The molecule has 1 heterocycles. The summed E-state index contributed by atoms with van der Waals surface area (Å²) in [5.74, 6) is 2.66. The zero-order valence-corrected chi connectivity index (χ0v) is 15.3. The Hall–Kier alpha value is -1.62. The third-order valence-electron chi connectivity index (χ3n) is 6.04. The maximum Gasteiger partial charge on any atom is 0.224 e. The normalized spacial score (nSPS) is 25.7. The summed E-state index contributed by atoms with van der Waals surface area (Å²) in [7, 11) is 0. The van der Waals surface area contributed by atoms with E-state index in [4.69, 9.17) is 4.74 Å². The van der Waals surface area contributed by atoms with Gasteiger partial charge in [0.05, 0.1) is 13.0 Å². The van der Waals surface area contributed by atoms with Gasteiger partial charge in [0.1, 0.15) is 11.6 Å². The Morgan fingerprint density at radius 3 is 2.77 bits per heavy atom. The van der Waals surface area contributed by atoms with E-state index < -0.39 is 0 Å². The van der Waals surface area contributed by atoms with Crippen LogP contribution < -0.4 is 15.4 Å². The first-order valence-electron chi connectivity index (χ1n) is 10.1. The van der Waals surface area contributed by atoms with Crippen molar-refractivity contribution in [3.63, 3.8) is 0 Å². The van der Waals surface area contributed by atoms with E-state index in [1.165, 1.54) is 25.3 Å². The van der Waals surface area contributed by atoms with Crippen LogP contribution in [0, 0.1) is 23.6 Å². The monoisotopic (exact) mass is 360 g/mol. The molecule has 26 heavy (non-hydrogen) atoms. The van der Waals surface area contributed by atoms with Crippen LogP contribution in [0.15, 0.2) is 18.2 Å². The molecule has 142 valence electrons. The van der Waals surface area contributed by atoms with E-state index in [0.29, 0.717) is 24.0 Å². The highest BCUT2D eigenvalue weighted by Gasteiger charge is 2.42. The number of hydrogen-bond acceptors (Lipinski definition) is 3. The van der Waals surface area contributed by atoms with Gasteiger partial charge >= 0.3 is 0 Å². The average Bonchev–Trinajstić information content (AvgIpc) is 3.55. The lowest BCUT2D eigenvalue weighted by Crippen LogP contribution is -2.29. The third-order valence-corrected chi connectivity index (χ3v) is 6.04. The van der Waals surface area contributed by atoms with Gasteiger partial charge < -0.3 is 15.4 Å². The molecular formula is C21H29FN2O2. The van der Waals surface area contributed by atoms with Crippen molar-refractivity contribution < 1.29 is 13.9 Å². The number of carbonyl (C=O) groups excluding carboxylic acids is 1. The van der Waals surface area contributed by atoms with E-state index in [-0.39, 0.29) is 18.1 Å². The van der Waals surface area contributed by atoms with Crippen molar-refractivity contribution in [1.29, 1.82) is 0 Å². The molecular weight excluding hydrogens is 331 g/mol. The number of piperidine rings is 1. The molecule has 5 heteroatoms. The molecule has 2 N–H and O–H groups in total. The van der Waals surface area contributed by atoms with Gasteiger partial charge in [-0.3, -0.25) is 4.79 Å². The van der Waals surface area contributed by atoms with Crippen molar-refractivity contribution in [1.82, 2.24) is 10.6 Å². The number of ether oxygens (including phenoxy) is 1. The lowest BCUT2D eigenvalue weighted by atomic mass is 9.91. The smallest absolute Gasteiger partial charge is 0.224 e. The lowest BCUT2D eigenvalue weighted by molar-refractivity contribution is -0.120. The van der Waals surface area contributed by atoms with Crippen molar-refractivity contribution in [2.24, 2.45) is 17.8 Å². The second-order valence-corrected chi connectivity index (χ2v) is 8.16. The number of benzene rings is 1. The first kappa shape index (κ1) is 17.8. The quantitative estimate of drug-likeness (QED) is 0.749. The number of halogens is 1. The molecule has 2 atom stereocenters. The molecule has 0 spiro atoms. The van der Waals surface area contributed by atoms with Crippen LogP contribution >= 0.6 is 0 Å². The number of rotatable bonds is 8. The van der Waals surface area contributed by atoms with E-state index in [0.717, 1.165) is 50.1 Å². The maximum atomic E-state index is 14.2. The number of hydrogen-bond donors (Lipinski definition) is 2. The molecule has 1 aliphatic heterocycles. The second kappa shape index (κ2) is 7.95. The Balaban J connectivity index is 1.19. The minimum absolute atomic E-state index is 0.0993. The summed E-state index contributed by atoms with van der Waals surface area (Å²) in [6.45, 7) is 2.97. The molecule has 0 bridgehead atoms. The van der Waals surface area contributed by atoms with E-state index in [9.17, 15) is 9.18 Å². The highest BCUT2D eigenvalue weighted by Crippen LogP contribution is 2.49. The molecule has 4 rings (SSSR count). The van der Waals surface area contributed by atoms with Gasteiger partial charge in [0.25, 0.3) is 0 Å². The van der Waals surface area contributed by atoms with Gasteiger partial charge in [0.2, 0.25) is 5.91 Å². The summed E-state index contributed by atoms with van der Waals surface area (Å²) in [5.41, 5.74) is 0.434. The molecule has 1 saturated heterocycles. The molecule has 2 saturated carbocycles. The maximum absolute atomic E-state index is 14.2. The second-order valence-electron chi connectivity index (χ2n) is 8.16. The first-order chi connectivity index (χ1) is 12.7. The minimum Gasteiger partial charge on any atom is -0.493 e. The van der Waals surface area contributed by atoms with Gasteiger partial charge in [-0.1, -0.05) is 6.07 Å². The van der Waals surface area contributed by atoms with Crippen molar-refractivity contribution in [2.45, 2.75) is 51.0 Å². The van der Waals surface area contributed by atoms with Crippen molar-refractivity contribution in [3.05, 3.63) is 29.6 Å². The molecule has 0 radical (unpaired) electrons. The average molecular weight is 360 g/mol. The van der Waals surface area contributed by atoms with Gasteiger partial charge in [-0.25, -0.2) is 4.39 Å². The molecule has 0 aromatic heterocycles.